The molecule has 0 bridgehead atoms. The van der Waals surface area contributed by atoms with Gasteiger partial charge in [-0.3, -0.25) is 14.9 Å². The molecule has 0 unspecified atom stereocenters. The number of aromatic nitrogens is 2. The van der Waals surface area contributed by atoms with Crippen LogP contribution in [0.1, 0.15) is 0 Å². The highest BCUT2D eigenvalue weighted by atomic mass is 32.2. The van der Waals surface area contributed by atoms with Crippen LogP contribution in [0.25, 0.3) is 11.5 Å². The van der Waals surface area contributed by atoms with Gasteiger partial charge in [0.05, 0.1) is 15.6 Å². The molecule has 0 saturated heterocycles. The monoisotopic (exact) mass is 463 g/mol. The summed E-state index contributed by atoms with van der Waals surface area (Å²) >= 11 is 1.02. The van der Waals surface area contributed by atoms with Crippen LogP contribution in [0.15, 0.2) is 63.1 Å². The molecule has 3 rings (SSSR count). The summed E-state index contributed by atoms with van der Waals surface area (Å²) in [7, 11) is -0.665. The fourth-order valence-electron chi connectivity index (χ4n) is 2.36. The number of benzene rings is 2. The number of nitro benzene ring substituents is 1. The fraction of sp³-hybridized carbons (Fsp3) is 0.167. The number of hydrogen-bond acceptors (Lipinski definition) is 9. The number of nitro groups is 1. The molecule has 1 heterocycles. The molecule has 1 amide bonds. The predicted molar refractivity (Wildman–Crippen MR) is 113 cm³/mol. The van der Waals surface area contributed by atoms with E-state index in [1.54, 1.807) is 0 Å². The molecule has 0 spiro atoms. The lowest BCUT2D eigenvalue weighted by molar-refractivity contribution is -0.384. The van der Waals surface area contributed by atoms with Crippen LogP contribution in [0.2, 0.25) is 0 Å². The topological polar surface area (TPSA) is 149 Å². The molecule has 0 saturated carbocycles. The van der Waals surface area contributed by atoms with Crippen LogP contribution < -0.4 is 5.32 Å². The van der Waals surface area contributed by atoms with E-state index in [0.29, 0.717) is 11.3 Å². The molecule has 0 aliphatic heterocycles. The molecular formula is C18H17N5O6S2. The Balaban J connectivity index is 1.56. The molecule has 0 radical (unpaired) electrons. The average Bonchev–Trinajstić information content (AvgIpc) is 3.22. The lowest BCUT2D eigenvalue weighted by Gasteiger charge is -2.11. The van der Waals surface area contributed by atoms with E-state index in [-0.39, 0.29) is 33.4 Å². The Bertz CT molecular complexity index is 1190. The summed E-state index contributed by atoms with van der Waals surface area (Å²) in [4.78, 5) is 22.5. The van der Waals surface area contributed by atoms with Crippen LogP contribution >= 0.6 is 11.8 Å². The summed E-state index contributed by atoms with van der Waals surface area (Å²) in [5.41, 5.74) is 0.907. The molecule has 0 aliphatic rings. The molecule has 31 heavy (non-hydrogen) atoms. The summed E-state index contributed by atoms with van der Waals surface area (Å²) < 4.78 is 30.7. The highest BCUT2D eigenvalue weighted by molar-refractivity contribution is 7.99. The van der Waals surface area contributed by atoms with Crippen LogP contribution in [0.3, 0.4) is 0 Å². The van der Waals surface area contributed by atoms with Crippen molar-refractivity contribution in [2.75, 3.05) is 25.2 Å². The van der Waals surface area contributed by atoms with Crippen molar-refractivity contribution in [2.24, 2.45) is 0 Å². The van der Waals surface area contributed by atoms with Crippen molar-refractivity contribution in [3.8, 4) is 11.5 Å². The van der Waals surface area contributed by atoms with E-state index in [0.717, 1.165) is 16.1 Å². The maximum Gasteiger partial charge on any atom is 0.277 e. The van der Waals surface area contributed by atoms with E-state index in [9.17, 15) is 23.3 Å². The lowest BCUT2D eigenvalue weighted by atomic mass is 10.2. The third kappa shape index (κ3) is 5.45. The van der Waals surface area contributed by atoms with Crippen molar-refractivity contribution in [3.63, 3.8) is 0 Å². The number of amides is 1. The molecule has 0 aliphatic carbocycles. The number of hydrogen-bond donors (Lipinski definition) is 1. The third-order valence-corrected chi connectivity index (χ3v) is 6.62. The number of carbonyl (C=O) groups excluding carboxylic acids is 1. The molecule has 1 aromatic heterocycles. The van der Waals surface area contributed by atoms with Gasteiger partial charge in [0.25, 0.3) is 10.9 Å². The van der Waals surface area contributed by atoms with E-state index in [1.165, 1.54) is 62.6 Å². The van der Waals surface area contributed by atoms with Crippen molar-refractivity contribution in [1.29, 1.82) is 0 Å². The van der Waals surface area contributed by atoms with Gasteiger partial charge in [-0.25, -0.2) is 12.7 Å². The first kappa shape index (κ1) is 22.4. The van der Waals surface area contributed by atoms with E-state index < -0.39 is 14.9 Å². The van der Waals surface area contributed by atoms with Crippen LogP contribution in [-0.4, -0.2) is 53.6 Å². The summed E-state index contributed by atoms with van der Waals surface area (Å²) in [6, 6.07) is 11.5. The molecule has 0 fully saturated rings. The van der Waals surface area contributed by atoms with Crippen molar-refractivity contribution in [2.45, 2.75) is 10.1 Å². The summed E-state index contributed by atoms with van der Waals surface area (Å²) in [6.45, 7) is 0. The van der Waals surface area contributed by atoms with Gasteiger partial charge >= 0.3 is 0 Å². The Labute approximate surface area is 181 Å². The first-order chi connectivity index (χ1) is 14.7. The highest BCUT2D eigenvalue weighted by Gasteiger charge is 2.17. The number of anilines is 1. The lowest BCUT2D eigenvalue weighted by Crippen LogP contribution is -2.22. The normalized spacial score (nSPS) is 11.5. The number of sulfonamides is 1. The van der Waals surface area contributed by atoms with Gasteiger partial charge < -0.3 is 9.73 Å². The van der Waals surface area contributed by atoms with Crippen molar-refractivity contribution >= 4 is 39.1 Å². The van der Waals surface area contributed by atoms with Gasteiger partial charge in [0, 0.05) is 37.5 Å². The van der Waals surface area contributed by atoms with Crippen LogP contribution in [0, 0.1) is 10.1 Å². The predicted octanol–water partition coefficient (Wildman–Crippen LogP) is 2.63. The van der Waals surface area contributed by atoms with E-state index >= 15 is 0 Å². The number of nitrogens with zero attached hydrogens (tertiary/aromatic N) is 4. The summed E-state index contributed by atoms with van der Waals surface area (Å²) in [5.74, 6) is -0.182. The maximum atomic E-state index is 12.1. The molecule has 13 heteroatoms. The summed E-state index contributed by atoms with van der Waals surface area (Å²) in [5, 5.41) is 21.2. The number of thioether (sulfide) groups is 1. The molecule has 11 nitrogen and oxygen atoms in total. The molecular weight excluding hydrogens is 446 g/mol. The van der Waals surface area contributed by atoms with E-state index in [4.69, 9.17) is 4.42 Å². The first-order valence-electron chi connectivity index (χ1n) is 8.70. The zero-order valence-electron chi connectivity index (χ0n) is 16.4. The van der Waals surface area contributed by atoms with Gasteiger partial charge in [-0.1, -0.05) is 11.8 Å². The average molecular weight is 463 g/mol. The Morgan fingerprint density at radius 2 is 1.77 bits per heavy atom. The molecule has 1 N–H and O–H groups in total. The SMILES string of the molecule is CN(C)S(=O)(=O)c1ccc(NC(=O)CSc2nnc(-c3ccc([N+](=O)[O-])cc3)o2)cc1. The van der Waals surface area contributed by atoms with Gasteiger partial charge in [0.15, 0.2) is 0 Å². The van der Waals surface area contributed by atoms with Gasteiger partial charge in [0.2, 0.25) is 21.8 Å². The van der Waals surface area contributed by atoms with Crippen LogP contribution in [0.5, 0.6) is 0 Å². The number of non-ortho nitro benzene ring substituents is 1. The van der Waals surface area contributed by atoms with Crippen molar-refractivity contribution < 1.29 is 22.6 Å². The zero-order valence-corrected chi connectivity index (χ0v) is 18.0. The largest absolute Gasteiger partial charge is 0.411 e. The second kappa shape index (κ2) is 9.24. The minimum Gasteiger partial charge on any atom is -0.411 e. The molecule has 3 aromatic rings. The molecule has 2 aromatic carbocycles. The van der Waals surface area contributed by atoms with E-state index in [1.807, 2.05) is 0 Å². The standard InChI is InChI=1S/C18H17N5O6S2/c1-22(2)31(27,28)15-9-5-13(6-10-15)19-16(24)11-30-18-21-20-17(29-18)12-3-7-14(8-4-12)23(25)26/h3-10H,11H2,1-2H3,(H,19,24). The number of carbonyl (C=O) groups is 1. The van der Waals surface area contributed by atoms with Crippen molar-refractivity contribution in [1.82, 2.24) is 14.5 Å². The minimum absolute atomic E-state index is 0.0142. The summed E-state index contributed by atoms with van der Waals surface area (Å²) in [6.07, 6.45) is 0. The third-order valence-electron chi connectivity index (χ3n) is 3.97. The van der Waals surface area contributed by atoms with Gasteiger partial charge in [-0.05, 0) is 36.4 Å². The van der Waals surface area contributed by atoms with Gasteiger partial charge in [-0.2, -0.15) is 0 Å². The van der Waals surface area contributed by atoms with Gasteiger partial charge in [0.1, 0.15) is 0 Å². The van der Waals surface area contributed by atoms with E-state index in [2.05, 4.69) is 15.5 Å². The highest BCUT2D eigenvalue weighted by Crippen LogP contribution is 2.25. The Morgan fingerprint density at radius 3 is 2.35 bits per heavy atom. The first-order valence-corrected chi connectivity index (χ1v) is 11.1. The quantitative estimate of drug-likeness (QED) is 0.302. The number of nitrogens with one attached hydrogen (secondary N) is 1. The Kier molecular flexibility index (Phi) is 6.68. The fourth-order valence-corrected chi connectivity index (χ4v) is 3.82. The maximum absolute atomic E-state index is 12.1. The van der Waals surface area contributed by atoms with Crippen molar-refractivity contribution in [3.05, 3.63) is 58.6 Å². The zero-order chi connectivity index (χ0) is 22.6. The second-order valence-corrected chi connectivity index (χ2v) is 9.40. The Hall–Kier alpha value is -3.29. The van der Waals surface area contributed by atoms with Gasteiger partial charge in [-0.15, -0.1) is 10.2 Å². The molecule has 0 atom stereocenters. The Morgan fingerprint density at radius 1 is 1.13 bits per heavy atom. The smallest absolute Gasteiger partial charge is 0.277 e. The van der Waals surface area contributed by atoms with Crippen LogP contribution in [0.4, 0.5) is 11.4 Å². The minimum atomic E-state index is -3.54. The number of rotatable bonds is 8. The second-order valence-electron chi connectivity index (χ2n) is 6.33. The molecule has 162 valence electrons. The van der Waals surface area contributed by atoms with Crippen LogP contribution in [-0.2, 0) is 14.8 Å².